The summed E-state index contributed by atoms with van der Waals surface area (Å²) in [6.45, 7) is 10.5. The lowest BCUT2D eigenvalue weighted by Gasteiger charge is -2.01. The molecule has 0 aliphatic rings. The van der Waals surface area contributed by atoms with E-state index in [1.165, 1.54) is 0 Å². The summed E-state index contributed by atoms with van der Waals surface area (Å²) in [7, 11) is 0. The lowest BCUT2D eigenvalue weighted by atomic mass is 10.3. The number of hydrogen-bond acceptors (Lipinski definition) is 4. The van der Waals surface area contributed by atoms with Crippen LogP contribution in [-0.2, 0) is 14.3 Å². The van der Waals surface area contributed by atoms with Crippen molar-refractivity contribution < 1.29 is 19.4 Å². The van der Waals surface area contributed by atoms with E-state index in [1.54, 1.807) is 6.92 Å². The molecule has 0 radical (unpaired) electrons. The topological polar surface area (TPSA) is 75.6 Å². The van der Waals surface area contributed by atoms with E-state index in [9.17, 15) is 9.59 Å². The standard InChI is InChI=1S/C8H14O2.C4H7NO2/c1-4-5-6-10-8(9)7(2)3;1-2-4(7)5-3-6/h2,4-6H2,1,3H3;2,6H,1,3H2,(H,5,7). The molecular weight excluding hydrogens is 222 g/mol. The van der Waals surface area contributed by atoms with E-state index in [4.69, 9.17) is 9.84 Å². The van der Waals surface area contributed by atoms with Crippen molar-refractivity contribution in [3.63, 3.8) is 0 Å². The molecule has 5 nitrogen and oxygen atoms in total. The zero-order valence-corrected chi connectivity index (χ0v) is 10.5. The molecule has 0 saturated carbocycles. The summed E-state index contributed by atoms with van der Waals surface area (Å²) in [5, 5.41) is 10.1. The predicted molar refractivity (Wildman–Crippen MR) is 66.1 cm³/mol. The highest BCUT2D eigenvalue weighted by molar-refractivity contribution is 5.87. The molecule has 17 heavy (non-hydrogen) atoms. The third-order valence-electron chi connectivity index (χ3n) is 1.52. The Bertz CT molecular complexity index is 261. The summed E-state index contributed by atoms with van der Waals surface area (Å²) >= 11 is 0. The molecule has 0 unspecified atom stereocenters. The fraction of sp³-hybridized carbons (Fsp3) is 0.500. The van der Waals surface area contributed by atoms with Gasteiger partial charge in [0.05, 0.1) is 6.61 Å². The maximum Gasteiger partial charge on any atom is 0.333 e. The van der Waals surface area contributed by atoms with E-state index < -0.39 is 0 Å². The fourth-order valence-corrected chi connectivity index (χ4v) is 0.582. The first-order chi connectivity index (χ1) is 7.99. The smallest absolute Gasteiger partial charge is 0.333 e. The van der Waals surface area contributed by atoms with Crippen LogP contribution in [0.25, 0.3) is 0 Å². The first kappa shape index (κ1) is 17.8. The molecule has 0 heterocycles. The molecule has 0 atom stereocenters. The molecule has 2 N–H and O–H groups in total. The average molecular weight is 243 g/mol. The molecule has 0 aliphatic carbocycles. The van der Waals surface area contributed by atoms with Gasteiger partial charge in [0.1, 0.15) is 6.73 Å². The summed E-state index contributed by atoms with van der Waals surface area (Å²) in [5.74, 6) is -0.643. The Balaban J connectivity index is 0. The van der Waals surface area contributed by atoms with Crippen molar-refractivity contribution in [1.29, 1.82) is 0 Å². The number of hydrogen-bond donors (Lipinski definition) is 2. The Labute approximate surface area is 102 Å². The Kier molecular flexibility index (Phi) is 13.0. The second-order valence-electron chi connectivity index (χ2n) is 3.17. The van der Waals surface area contributed by atoms with Crippen LogP contribution in [0.15, 0.2) is 24.8 Å². The highest BCUT2D eigenvalue weighted by Gasteiger charge is 2.00. The number of aliphatic hydroxyl groups is 1. The highest BCUT2D eigenvalue weighted by Crippen LogP contribution is 1.94. The van der Waals surface area contributed by atoms with Gasteiger partial charge in [0.2, 0.25) is 5.91 Å². The number of esters is 1. The van der Waals surface area contributed by atoms with Crippen LogP contribution in [-0.4, -0.2) is 30.3 Å². The van der Waals surface area contributed by atoms with Crippen LogP contribution in [0.3, 0.4) is 0 Å². The molecule has 0 aliphatic heterocycles. The molecule has 0 aromatic rings. The molecule has 98 valence electrons. The van der Waals surface area contributed by atoms with Crippen LogP contribution in [0.4, 0.5) is 0 Å². The van der Waals surface area contributed by atoms with Crippen molar-refractivity contribution in [2.24, 2.45) is 0 Å². The number of nitrogens with one attached hydrogen (secondary N) is 1. The minimum atomic E-state index is -0.359. The third-order valence-corrected chi connectivity index (χ3v) is 1.52. The number of rotatable bonds is 6. The molecule has 0 saturated heterocycles. The fourth-order valence-electron chi connectivity index (χ4n) is 0.582. The van der Waals surface area contributed by atoms with E-state index in [0.717, 1.165) is 18.9 Å². The van der Waals surface area contributed by atoms with E-state index in [2.05, 4.69) is 25.4 Å². The normalized spacial score (nSPS) is 8.41. The maximum absolute atomic E-state index is 10.7. The Morgan fingerprint density at radius 1 is 1.47 bits per heavy atom. The predicted octanol–water partition coefficient (Wildman–Crippen LogP) is 1.14. The minimum Gasteiger partial charge on any atom is -0.462 e. The van der Waals surface area contributed by atoms with Crippen LogP contribution in [0.5, 0.6) is 0 Å². The van der Waals surface area contributed by atoms with Gasteiger partial charge in [-0.3, -0.25) is 4.79 Å². The van der Waals surface area contributed by atoms with E-state index >= 15 is 0 Å². The van der Waals surface area contributed by atoms with Gasteiger partial charge in [-0.25, -0.2) is 4.79 Å². The zero-order chi connectivity index (χ0) is 13.7. The minimum absolute atomic E-state index is 0.284. The molecule has 0 fully saturated rings. The summed E-state index contributed by atoms with van der Waals surface area (Å²) in [6, 6.07) is 0. The molecule has 1 amide bonds. The SMILES string of the molecule is C=C(C)C(=O)OCCCC.C=CC(=O)NCO. The van der Waals surface area contributed by atoms with Crippen LogP contribution >= 0.6 is 0 Å². The van der Waals surface area contributed by atoms with Crippen molar-refractivity contribution in [3.8, 4) is 0 Å². The lowest BCUT2D eigenvalue weighted by molar-refractivity contribution is -0.139. The van der Waals surface area contributed by atoms with Gasteiger partial charge in [0, 0.05) is 5.57 Å². The Morgan fingerprint density at radius 3 is 2.35 bits per heavy atom. The van der Waals surface area contributed by atoms with Gasteiger partial charge in [0.15, 0.2) is 0 Å². The molecule has 0 rings (SSSR count). The second kappa shape index (κ2) is 12.4. The number of unbranched alkanes of at least 4 members (excludes halogenated alkanes) is 1. The summed E-state index contributed by atoms with van der Waals surface area (Å²) in [5.41, 5.74) is 0.469. The Morgan fingerprint density at radius 2 is 2.06 bits per heavy atom. The van der Waals surface area contributed by atoms with Gasteiger partial charge in [0.25, 0.3) is 0 Å². The summed E-state index contributed by atoms with van der Waals surface area (Å²) in [6.07, 6.45) is 3.07. The van der Waals surface area contributed by atoms with Crippen molar-refractivity contribution in [2.45, 2.75) is 26.7 Å². The first-order valence-electron chi connectivity index (χ1n) is 5.33. The first-order valence-corrected chi connectivity index (χ1v) is 5.33. The van der Waals surface area contributed by atoms with Crippen molar-refractivity contribution >= 4 is 11.9 Å². The lowest BCUT2D eigenvalue weighted by Crippen LogP contribution is -2.20. The summed E-state index contributed by atoms with van der Waals surface area (Å²) in [4.78, 5) is 20.7. The van der Waals surface area contributed by atoms with Gasteiger partial charge < -0.3 is 15.2 Å². The summed E-state index contributed by atoms with van der Waals surface area (Å²) < 4.78 is 4.81. The number of carbonyl (C=O) groups is 2. The Hall–Kier alpha value is -1.62. The number of aliphatic hydroxyl groups excluding tert-OH is 1. The number of amides is 1. The highest BCUT2D eigenvalue weighted by atomic mass is 16.5. The largest absolute Gasteiger partial charge is 0.462 e. The van der Waals surface area contributed by atoms with Gasteiger partial charge >= 0.3 is 5.97 Å². The zero-order valence-electron chi connectivity index (χ0n) is 10.5. The average Bonchev–Trinajstić information content (AvgIpc) is 2.30. The van der Waals surface area contributed by atoms with Gasteiger partial charge in [-0.15, -0.1) is 0 Å². The molecular formula is C12H21NO4. The second-order valence-corrected chi connectivity index (χ2v) is 3.17. The maximum atomic E-state index is 10.7. The van der Waals surface area contributed by atoms with Crippen molar-refractivity contribution in [1.82, 2.24) is 5.32 Å². The van der Waals surface area contributed by atoms with E-state index in [0.29, 0.717) is 12.2 Å². The van der Waals surface area contributed by atoms with Crippen LogP contribution in [0, 0.1) is 0 Å². The van der Waals surface area contributed by atoms with Gasteiger partial charge in [-0.2, -0.15) is 0 Å². The number of ether oxygens (including phenoxy) is 1. The number of carbonyl (C=O) groups excluding carboxylic acids is 2. The van der Waals surface area contributed by atoms with Crippen molar-refractivity contribution in [2.75, 3.05) is 13.3 Å². The van der Waals surface area contributed by atoms with Crippen LogP contribution < -0.4 is 5.32 Å². The van der Waals surface area contributed by atoms with Crippen LogP contribution in [0.1, 0.15) is 26.7 Å². The molecule has 0 aromatic carbocycles. The van der Waals surface area contributed by atoms with E-state index in [1.807, 2.05) is 0 Å². The molecule has 0 spiro atoms. The van der Waals surface area contributed by atoms with Crippen molar-refractivity contribution in [3.05, 3.63) is 24.8 Å². The van der Waals surface area contributed by atoms with Crippen LogP contribution in [0.2, 0.25) is 0 Å². The molecule has 0 aromatic heterocycles. The monoisotopic (exact) mass is 243 g/mol. The molecule has 0 bridgehead atoms. The molecule has 5 heteroatoms. The quantitative estimate of drug-likeness (QED) is 0.317. The van der Waals surface area contributed by atoms with Gasteiger partial charge in [-0.05, 0) is 19.4 Å². The van der Waals surface area contributed by atoms with Gasteiger partial charge in [-0.1, -0.05) is 26.5 Å². The third kappa shape index (κ3) is 14.4. The van der Waals surface area contributed by atoms with E-state index in [-0.39, 0.29) is 18.6 Å².